The number of carbonyl (C=O) groups excluding carboxylic acids is 3. The minimum atomic E-state index is -0.190. The topological polar surface area (TPSA) is 89.6 Å². The van der Waals surface area contributed by atoms with E-state index in [9.17, 15) is 14.4 Å². The lowest BCUT2D eigenvalue weighted by molar-refractivity contribution is -0.121. The van der Waals surface area contributed by atoms with Crippen molar-refractivity contribution in [2.45, 2.75) is 19.4 Å². The van der Waals surface area contributed by atoms with Gasteiger partial charge in [0, 0.05) is 44.6 Å². The van der Waals surface area contributed by atoms with E-state index in [1.54, 1.807) is 24.3 Å². The maximum absolute atomic E-state index is 12.9. The molecule has 2 saturated heterocycles. The molecule has 158 valence electrons. The Labute approximate surface area is 179 Å². The third-order valence-corrected chi connectivity index (χ3v) is 5.90. The molecule has 5 rings (SSSR count). The Balaban J connectivity index is 1.19. The lowest BCUT2D eigenvalue weighted by atomic mass is 10.1. The van der Waals surface area contributed by atoms with E-state index in [-0.39, 0.29) is 30.6 Å². The average molecular weight is 417 g/mol. The van der Waals surface area contributed by atoms with Crippen LogP contribution in [0.25, 0.3) is 11.0 Å². The van der Waals surface area contributed by atoms with Gasteiger partial charge in [0.05, 0.1) is 23.3 Å². The molecule has 3 amide bonds. The predicted molar refractivity (Wildman–Crippen MR) is 115 cm³/mol. The van der Waals surface area contributed by atoms with Crippen LogP contribution in [-0.4, -0.2) is 63.7 Å². The Morgan fingerprint density at radius 1 is 0.903 bits per heavy atom. The van der Waals surface area contributed by atoms with Crippen molar-refractivity contribution in [2.75, 3.05) is 31.1 Å². The fraction of sp³-hybridized carbons (Fsp3) is 0.304. The monoisotopic (exact) mass is 417 g/mol. The Kier molecular flexibility index (Phi) is 4.99. The van der Waals surface area contributed by atoms with E-state index in [0.29, 0.717) is 24.3 Å². The van der Waals surface area contributed by atoms with Crippen molar-refractivity contribution < 1.29 is 14.4 Å². The number of fused-ring (bicyclic) bond motifs is 1. The molecular weight excluding hydrogens is 394 g/mol. The molecule has 2 aromatic carbocycles. The van der Waals surface area contributed by atoms with Gasteiger partial charge in [0.15, 0.2) is 0 Å². The van der Waals surface area contributed by atoms with E-state index in [2.05, 4.69) is 14.9 Å². The smallest absolute Gasteiger partial charge is 0.253 e. The number of nitrogens with zero attached hydrogens (tertiary/aromatic N) is 4. The number of aromatic nitrogens is 2. The molecule has 0 atom stereocenters. The first-order chi connectivity index (χ1) is 15.1. The van der Waals surface area contributed by atoms with Crippen LogP contribution in [0.5, 0.6) is 0 Å². The Morgan fingerprint density at radius 3 is 2.26 bits per heavy atom. The maximum atomic E-state index is 12.9. The summed E-state index contributed by atoms with van der Waals surface area (Å²) in [5, 5.41) is 0. The molecule has 0 unspecified atom stereocenters. The van der Waals surface area contributed by atoms with Crippen LogP contribution in [0.2, 0.25) is 0 Å². The highest BCUT2D eigenvalue weighted by molar-refractivity contribution is 6.19. The summed E-state index contributed by atoms with van der Waals surface area (Å²) < 4.78 is 0. The van der Waals surface area contributed by atoms with E-state index >= 15 is 0 Å². The molecule has 8 heteroatoms. The molecule has 0 saturated carbocycles. The number of benzene rings is 2. The first-order valence-electron chi connectivity index (χ1n) is 10.5. The van der Waals surface area contributed by atoms with E-state index in [0.717, 1.165) is 36.5 Å². The fourth-order valence-electron chi connectivity index (χ4n) is 4.20. The first kappa shape index (κ1) is 19.4. The number of amides is 3. The second kappa shape index (κ2) is 7.96. The predicted octanol–water partition coefficient (Wildman–Crippen LogP) is 2.17. The second-order valence-corrected chi connectivity index (χ2v) is 7.94. The quantitative estimate of drug-likeness (QED) is 0.657. The Morgan fingerprint density at radius 2 is 1.58 bits per heavy atom. The Hall–Kier alpha value is -3.52. The van der Waals surface area contributed by atoms with Crippen molar-refractivity contribution in [2.24, 2.45) is 0 Å². The number of hydrogen-bond donors (Lipinski definition) is 1. The summed E-state index contributed by atoms with van der Waals surface area (Å²) in [7, 11) is 0. The number of imidazole rings is 1. The SMILES string of the molecule is O=C(c1ccc(N2C(=O)CCC2=O)cc1)N1CCN(Cc2nc3ccccc3[nH]2)CC1. The molecule has 1 aromatic heterocycles. The molecule has 0 aliphatic carbocycles. The van der Waals surface area contributed by atoms with Crippen LogP contribution in [0, 0.1) is 0 Å². The number of para-hydroxylation sites is 2. The molecule has 2 aliphatic heterocycles. The number of piperazine rings is 1. The summed E-state index contributed by atoms with van der Waals surface area (Å²) in [5.74, 6) is 0.519. The molecule has 2 fully saturated rings. The lowest BCUT2D eigenvalue weighted by Gasteiger charge is -2.34. The van der Waals surface area contributed by atoms with Crippen molar-refractivity contribution in [1.82, 2.24) is 19.8 Å². The van der Waals surface area contributed by atoms with Gasteiger partial charge in [-0.1, -0.05) is 12.1 Å². The minimum absolute atomic E-state index is 0.0333. The number of rotatable bonds is 4. The van der Waals surface area contributed by atoms with E-state index in [1.165, 1.54) is 4.90 Å². The summed E-state index contributed by atoms with van der Waals surface area (Å²) >= 11 is 0. The highest BCUT2D eigenvalue weighted by Gasteiger charge is 2.30. The van der Waals surface area contributed by atoms with Crippen molar-refractivity contribution in [1.29, 1.82) is 0 Å². The first-order valence-corrected chi connectivity index (χ1v) is 10.5. The fourth-order valence-corrected chi connectivity index (χ4v) is 4.20. The van der Waals surface area contributed by atoms with Gasteiger partial charge in [0.25, 0.3) is 5.91 Å². The van der Waals surface area contributed by atoms with Gasteiger partial charge < -0.3 is 9.88 Å². The van der Waals surface area contributed by atoms with E-state index in [1.807, 2.05) is 29.2 Å². The van der Waals surface area contributed by atoms with Gasteiger partial charge in [-0.3, -0.25) is 24.2 Å². The van der Waals surface area contributed by atoms with E-state index in [4.69, 9.17) is 0 Å². The van der Waals surface area contributed by atoms with Crippen LogP contribution in [0.3, 0.4) is 0 Å². The zero-order chi connectivity index (χ0) is 21.4. The number of anilines is 1. The standard InChI is InChI=1S/C23H23N5O3/c29-21-9-10-22(30)28(21)17-7-5-16(6-8-17)23(31)27-13-11-26(12-14-27)15-20-24-18-3-1-2-4-19(18)25-20/h1-8H,9-15H2,(H,24,25). The summed E-state index contributed by atoms with van der Waals surface area (Å²) in [6.45, 7) is 3.56. The average Bonchev–Trinajstić information content (AvgIpc) is 3.35. The summed E-state index contributed by atoms with van der Waals surface area (Å²) in [6, 6.07) is 14.7. The lowest BCUT2D eigenvalue weighted by Crippen LogP contribution is -2.48. The van der Waals surface area contributed by atoms with Crippen molar-refractivity contribution >= 4 is 34.4 Å². The number of nitrogens with one attached hydrogen (secondary N) is 1. The third kappa shape index (κ3) is 3.82. The van der Waals surface area contributed by atoms with Crippen LogP contribution in [0.4, 0.5) is 5.69 Å². The summed E-state index contributed by atoms with van der Waals surface area (Å²) in [6.07, 6.45) is 0.496. The highest BCUT2D eigenvalue weighted by Crippen LogP contribution is 2.23. The van der Waals surface area contributed by atoms with Crippen LogP contribution >= 0.6 is 0 Å². The molecule has 0 radical (unpaired) electrons. The zero-order valence-electron chi connectivity index (χ0n) is 17.1. The van der Waals surface area contributed by atoms with Crippen molar-refractivity contribution in [3.8, 4) is 0 Å². The molecule has 2 aliphatic rings. The van der Waals surface area contributed by atoms with Crippen LogP contribution in [-0.2, 0) is 16.1 Å². The normalized spacial score (nSPS) is 17.7. The minimum Gasteiger partial charge on any atom is -0.341 e. The number of carbonyl (C=O) groups is 3. The van der Waals surface area contributed by atoms with Gasteiger partial charge in [-0.2, -0.15) is 0 Å². The van der Waals surface area contributed by atoms with Gasteiger partial charge in [-0.05, 0) is 36.4 Å². The molecule has 1 N–H and O–H groups in total. The van der Waals surface area contributed by atoms with Gasteiger partial charge in [0.1, 0.15) is 5.82 Å². The van der Waals surface area contributed by atoms with Gasteiger partial charge in [-0.15, -0.1) is 0 Å². The highest BCUT2D eigenvalue weighted by atomic mass is 16.2. The molecule has 3 heterocycles. The molecule has 31 heavy (non-hydrogen) atoms. The van der Waals surface area contributed by atoms with Gasteiger partial charge in [-0.25, -0.2) is 4.98 Å². The number of H-pyrrole nitrogens is 1. The molecule has 0 bridgehead atoms. The molecular formula is C23H23N5O3. The van der Waals surface area contributed by atoms with Crippen molar-refractivity contribution in [3.63, 3.8) is 0 Å². The summed E-state index contributed by atoms with van der Waals surface area (Å²) in [4.78, 5) is 50.0. The largest absolute Gasteiger partial charge is 0.341 e. The third-order valence-electron chi connectivity index (χ3n) is 5.90. The summed E-state index contributed by atoms with van der Waals surface area (Å²) in [5.41, 5.74) is 3.09. The molecule has 0 spiro atoms. The maximum Gasteiger partial charge on any atom is 0.253 e. The molecule has 8 nitrogen and oxygen atoms in total. The van der Waals surface area contributed by atoms with E-state index < -0.39 is 0 Å². The molecule has 3 aromatic rings. The van der Waals surface area contributed by atoms with Crippen LogP contribution in [0.15, 0.2) is 48.5 Å². The second-order valence-electron chi connectivity index (χ2n) is 7.94. The number of imide groups is 1. The number of aromatic amines is 1. The van der Waals surface area contributed by atoms with Crippen LogP contribution < -0.4 is 4.90 Å². The van der Waals surface area contributed by atoms with Crippen molar-refractivity contribution in [3.05, 3.63) is 59.9 Å². The van der Waals surface area contributed by atoms with Crippen LogP contribution in [0.1, 0.15) is 29.0 Å². The van der Waals surface area contributed by atoms with Gasteiger partial charge in [0.2, 0.25) is 11.8 Å². The number of hydrogen-bond acceptors (Lipinski definition) is 5. The zero-order valence-corrected chi connectivity index (χ0v) is 17.1. The van der Waals surface area contributed by atoms with Gasteiger partial charge >= 0.3 is 0 Å². The Bertz CT molecular complexity index is 1100.